The molecule has 0 atom stereocenters. The minimum atomic E-state index is -1.10. The zero-order valence-electron chi connectivity index (χ0n) is 12.0. The van der Waals surface area contributed by atoms with Crippen LogP contribution in [0.25, 0.3) is 0 Å². The van der Waals surface area contributed by atoms with Crippen LogP contribution in [0, 0.1) is 11.6 Å². The smallest absolute Gasteiger partial charge is 0.254 e. The lowest BCUT2D eigenvalue weighted by Gasteiger charge is -2.21. The van der Waals surface area contributed by atoms with Crippen molar-refractivity contribution in [3.8, 4) is 0 Å². The first-order valence-corrected chi connectivity index (χ1v) is 7.52. The van der Waals surface area contributed by atoms with E-state index in [1.807, 2.05) is 0 Å². The van der Waals surface area contributed by atoms with E-state index >= 15 is 0 Å². The maximum Gasteiger partial charge on any atom is 0.254 e. The van der Waals surface area contributed by atoms with Gasteiger partial charge in [0.25, 0.3) is 5.91 Å². The highest BCUT2D eigenvalue weighted by atomic mass is 19.2. The molecule has 21 heavy (non-hydrogen) atoms. The Bertz CT molecular complexity index is 473. The molecule has 1 aliphatic carbocycles. The molecule has 0 unspecified atom stereocenters. The molecule has 0 bridgehead atoms. The second-order valence-electron chi connectivity index (χ2n) is 5.34. The topological polar surface area (TPSA) is 38.3 Å². The van der Waals surface area contributed by atoms with Crippen LogP contribution in [0.4, 0.5) is 8.78 Å². The van der Waals surface area contributed by atoms with Gasteiger partial charge < -0.3 is 10.1 Å². The first kappa shape index (κ1) is 15.9. The Morgan fingerprint density at radius 3 is 2.76 bits per heavy atom. The SMILES string of the molecule is O=C(NCCCOC1CCCCC1)c1cccc(F)c1F. The van der Waals surface area contributed by atoms with Crippen molar-refractivity contribution >= 4 is 5.91 Å². The average Bonchev–Trinajstić information content (AvgIpc) is 2.50. The van der Waals surface area contributed by atoms with Gasteiger partial charge in [-0.05, 0) is 31.4 Å². The Balaban J connectivity index is 1.66. The summed E-state index contributed by atoms with van der Waals surface area (Å²) in [6.07, 6.45) is 6.96. The van der Waals surface area contributed by atoms with Crippen molar-refractivity contribution in [2.75, 3.05) is 13.2 Å². The van der Waals surface area contributed by atoms with Crippen LogP contribution in [-0.4, -0.2) is 25.2 Å². The monoisotopic (exact) mass is 297 g/mol. The lowest BCUT2D eigenvalue weighted by Crippen LogP contribution is -2.27. The number of carbonyl (C=O) groups excluding carboxylic acids is 1. The number of ether oxygens (including phenoxy) is 1. The molecule has 0 saturated heterocycles. The quantitative estimate of drug-likeness (QED) is 0.817. The fourth-order valence-corrected chi connectivity index (χ4v) is 2.53. The van der Waals surface area contributed by atoms with E-state index in [9.17, 15) is 13.6 Å². The minimum absolute atomic E-state index is 0.261. The van der Waals surface area contributed by atoms with E-state index in [0.29, 0.717) is 25.7 Å². The van der Waals surface area contributed by atoms with Crippen molar-refractivity contribution in [2.45, 2.75) is 44.6 Å². The summed E-state index contributed by atoms with van der Waals surface area (Å²) < 4.78 is 32.2. The Kier molecular flexibility index (Phi) is 6.11. The lowest BCUT2D eigenvalue weighted by atomic mass is 9.98. The summed E-state index contributed by atoms with van der Waals surface area (Å²) in [5, 5.41) is 2.58. The van der Waals surface area contributed by atoms with E-state index in [1.165, 1.54) is 31.4 Å². The van der Waals surface area contributed by atoms with Crippen LogP contribution >= 0.6 is 0 Å². The first-order chi connectivity index (χ1) is 10.2. The summed E-state index contributed by atoms with van der Waals surface area (Å²) in [5.74, 6) is -2.71. The van der Waals surface area contributed by atoms with Gasteiger partial charge in [-0.1, -0.05) is 25.3 Å². The van der Waals surface area contributed by atoms with Gasteiger partial charge in [-0.25, -0.2) is 8.78 Å². The Morgan fingerprint density at radius 1 is 1.24 bits per heavy atom. The van der Waals surface area contributed by atoms with Crippen molar-refractivity contribution in [2.24, 2.45) is 0 Å². The van der Waals surface area contributed by atoms with Crippen molar-refractivity contribution < 1.29 is 18.3 Å². The fraction of sp³-hybridized carbons (Fsp3) is 0.562. The number of nitrogens with one attached hydrogen (secondary N) is 1. The predicted molar refractivity (Wildman–Crippen MR) is 76.1 cm³/mol. The molecular formula is C16H21F2NO2. The van der Waals surface area contributed by atoms with Gasteiger partial charge in [0.05, 0.1) is 11.7 Å². The standard InChI is InChI=1S/C16H21F2NO2/c17-14-9-4-8-13(15(14)18)16(20)19-10-5-11-21-12-6-2-1-3-7-12/h4,8-9,12H,1-3,5-7,10-11H2,(H,19,20). The highest BCUT2D eigenvalue weighted by Gasteiger charge is 2.15. The molecule has 1 aromatic carbocycles. The maximum atomic E-state index is 13.4. The molecule has 1 saturated carbocycles. The molecule has 0 aromatic heterocycles. The number of rotatable bonds is 6. The molecule has 1 aromatic rings. The molecule has 1 aliphatic rings. The molecular weight excluding hydrogens is 276 g/mol. The summed E-state index contributed by atoms with van der Waals surface area (Å²) in [6.45, 7) is 0.970. The Labute approximate surface area is 123 Å². The first-order valence-electron chi connectivity index (χ1n) is 7.52. The summed E-state index contributed by atoms with van der Waals surface area (Å²) in [4.78, 5) is 11.7. The van der Waals surface area contributed by atoms with Gasteiger partial charge >= 0.3 is 0 Å². The van der Waals surface area contributed by atoms with Gasteiger partial charge in [0.1, 0.15) is 0 Å². The summed E-state index contributed by atoms with van der Waals surface area (Å²) in [7, 11) is 0. The highest BCUT2D eigenvalue weighted by Crippen LogP contribution is 2.20. The van der Waals surface area contributed by atoms with Crippen molar-refractivity contribution in [3.63, 3.8) is 0 Å². The zero-order valence-corrected chi connectivity index (χ0v) is 12.0. The van der Waals surface area contributed by atoms with Crippen molar-refractivity contribution in [1.29, 1.82) is 0 Å². The number of carbonyl (C=O) groups is 1. The number of amides is 1. The van der Waals surface area contributed by atoms with Gasteiger partial charge in [0.2, 0.25) is 0 Å². The van der Waals surface area contributed by atoms with Crippen LogP contribution in [0.15, 0.2) is 18.2 Å². The molecule has 0 radical (unpaired) electrons. The molecule has 2 rings (SSSR count). The minimum Gasteiger partial charge on any atom is -0.378 e. The van der Waals surface area contributed by atoms with E-state index < -0.39 is 17.5 Å². The number of benzene rings is 1. The number of hydrogen-bond acceptors (Lipinski definition) is 2. The van der Waals surface area contributed by atoms with Crippen LogP contribution in [0.5, 0.6) is 0 Å². The third-order valence-corrected chi connectivity index (χ3v) is 3.71. The van der Waals surface area contributed by atoms with E-state index in [0.717, 1.165) is 18.9 Å². The molecule has 0 spiro atoms. The molecule has 0 aliphatic heterocycles. The highest BCUT2D eigenvalue weighted by molar-refractivity contribution is 5.94. The van der Waals surface area contributed by atoms with E-state index in [-0.39, 0.29) is 5.56 Å². The van der Waals surface area contributed by atoms with Crippen LogP contribution in [0.3, 0.4) is 0 Å². The third-order valence-electron chi connectivity index (χ3n) is 3.71. The molecule has 0 heterocycles. The number of halogens is 2. The molecule has 3 nitrogen and oxygen atoms in total. The van der Waals surface area contributed by atoms with Gasteiger partial charge in [0.15, 0.2) is 11.6 Å². The molecule has 5 heteroatoms. The maximum absolute atomic E-state index is 13.4. The number of hydrogen-bond donors (Lipinski definition) is 1. The van der Waals surface area contributed by atoms with Gasteiger partial charge in [-0.15, -0.1) is 0 Å². The van der Waals surface area contributed by atoms with Crippen LogP contribution < -0.4 is 5.32 Å². The van der Waals surface area contributed by atoms with Crippen LogP contribution in [-0.2, 0) is 4.74 Å². The fourth-order valence-electron chi connectivity index (χ4n) is 2.53. The summed E-state index contributed by atoms with van der Waals surface area (Å²) >= 11 is 0. The van der Waals surface area contributed by atoms with Crippen LogP contribution in [0.2, 0.25) is 0 Å². The predicted octanol–water partition coefficient (Wildman–Crippen LogP) is 3.43. The van der Waals surface area contributed by atoms with Crippen molar-refractivity contribution in [1.82, 2.24) is 5.32 Å². The Hall–Kier alpha value is -1.49. The van der Waals surface area contributed by atoms with Gasteiger partial charge in [0, 0.05) is 13.2 Å². The normalized spacial score (nSPS) is 15.9. The molecule has 1 fully saturated rings. The van der Waals surface area contributed by atoms with Crippen LogP contribution in [0.1, 0.15) is 48.9 Å². The summed E-state index contributed by atoms with van der Waals surface area (Å²) in [5.41, 5.74) is -0.261. The zero-order chi connectivity index (χ0) is 15.1. The molecule has 1 amide bonds. The molecule has 1 N–H and O–H groups in total. The van der Waals surface area contributed by atoms with E-state index in [4.69, 9.17) is 4.74 Å². The van der Waals surface area contributed by atoms with E-state index in [1.54, 1.807) is 0 Å². The largest absolute Gasteiger partial charge is 0.378 e. The Morgan fingerprint density at radius 2 is 2.00 bits per heavy atom. The van der Waals surface area contributed by atoms with Crippen molar-refractivity contribution in [3.05, 3.63) is 35.4 Å². The summed E-state index contributed by atoms with van der Waals surface area (Å²) in [6, 6.07) is 3.58. The third kappa shape index (κ3) is 4.77. The second-order valence-corrected chi connectivity index (χ2v) is 5.34. The van der Waals surface area contributed by atoms with Gasteiger partial charge in [-0.3, -0.25) is 4.79 Å². The average molecular weight is 297 g/mol. The molecule has 116 valence electrons. The second kappa shape index (κ2) is 8.08. The lowest BCUT2D eigenvalue weighted by molar-refractivity contribution is 0.0273. The van der Waals surface area contributed by atoms with Gasteiger partial charge in [-0.2, -0.15) is 0 Å². The van der Waals surface area contributed by atoms with E-state index in [2.05, 4.69) is 5.32 Å².